The molecule has 0 bridgehead atoms. The van der Waals surface area contributed by atoms with Crippen molar-refractivity contribution in [2.75, 3.05) is 18.0 Å². The van der Waals surface area contributed by atoms with Crippen LogP contribution in [0.1, 0.15) is 17.8 Å². The van der Waals surface area contributed by atoms with Crippen LogP contribution in [0.15, 0.2) is 24.3 Å². The second kappa shape index (κ2) is 5.09. The molecule has 1 saturated heterocycles. The Kier molecular flexibility index (Phi) is 3.29. The van der Waals surface area contributed by atoms with Crippen molar-refractivity contribution in [3.8, 4) is 0 Å². The maximum Gasteiger partial charge on any atom is 0.229 e. The number of benzene rings is 1. The first-order valence-corrected chi connectivity index (χ1v) is 6.49. The minimum Gasteiger partial charge on any atom is -0.341 e. The molecule has 3 rings (SSSR count). The van der Waals surface area contributed by atoms with Crippen molar-refractivity contribution in [1.29, 1.82) is 0 Å². The summed E-state index contributed by atoms with van der Waals surface area (Å²) in [5.74, 6) is 0.814. The normalized spacial score (nSPS) is 14.3. The van der Waals surface area contributed by atoms with E-state index in [4.69, 9.17) is 11.6 Å². The summed E-state index contributed by atoms with van der Waals surface area (Å²) in [5.41, 5.74) is 0.555. The van der Waals surface area contributed by atoms with Crippen molar-refractivity contribution in [3.05, 3.63) is 46.8 Å². The Bertz CT molecular complexity index is 601. The van der Waals surface area contributed by atoms with E-state index in [1.165, 1.54) is 6.07 Å². The molecule has 1 fully saturated rings. The topological polar surface area (TPSA) is 41.9 Å². The van der Waals surface area contributed by atoms with Gasteiger partial charge in [-0.05, 0) is 29.7 Å². The predicted octanol–water partition coefficient (Wildman–Crippen LogP) is 2.47. The van der Waals surface area contributed by atoms with Gasteiger partial charge < -0.3 is 4.90 Å². The molecule has 0 aliphatic carbocycles. The van der Waals surface area contributed by atoms with Crippen LogP contribution in [0.25, 0.3) is 0 Å². The Hall–Kier alpha value is -1.75. The molecule has 0 unspecified atom stereocenters. The summed E-state index contributed by atoms with van der Waals surface area (Å²) in [6.07, 6.45) is 1.45. The monoisotopic (exact) mass is 278 g/mol. The van der Waals surface area contributed by atoms with Crippen LogP contribution in [0.3, 0.4) is 0 Å². The summed E-state index contributed by atoms with van der Waals surface area (Å²) < 4.78 is 13.6. The van der Waals surface area contributed by atoms with Crippen molar-refractivity contribution in [1.82, 2.24) is 15.0 Å². The zero-order chi connectivity index (χ0) is 13.2. The maximum atomic E-state index is 13.6. The predicted molar refractivity (Wildman–Crippen MR) is 70.9 cm³/mol. The van der Waals surface area contributed by atoms with Crippen molar-refractivity contribution in [2.24, 2.45) is 0 Å². The lowest BCUT2D eigenvalue weighted by atomic mass is 10.1. The fraction of sp³-hybridized carbons (Fsp3) is 0.308. The van der Waals surface area contributed by atoms with E-state index in [1.807, 2.05) is 4.90 Å². The van der Waals surface area contributed by atoms with E-state index in [0.29, 0.717) is 23.8 Å². The van der Waals surface area contributed by atoms with E-state index in [-0.39, 0.29) is 11.1 Å². The number of anilines is 1. The van der Waals surface area contributed by atoms with Crippen molar-refractivity contribution in [2.45, 2.75) is 12.8 Å². The Morgan fingerprint density at radius 2 is 1.95 bits per heavy atom. The van der Waals surface area contributed by atoms with Crippen LogP contribution in [0.2, 0.25) is 5.28 Å². The Balaban J connectivity index is 1.88. The van der Waals surface area contributed by atoms with Gasteiger partial charge in [0.15, 0.2) is 0 Å². The lowest BCUT2D eigenvalue weighted by Gasteiger charge is -2.30. The van der Waals surface area contributed by atoms with Crippen LogP contribution < -0.4 is 4.90 Å². The van der Waals surface area contributed by atoms with E-state index in [0.717, 1.165) is 19.5 Å². The van der Waals surface area contributed by atoms with Gasteiger partial charge in [-0.15, -0.1) is 0 Å². The highest BCUT2D eigenvalue weighted by atomic mass is 35.5. The average molecular weight is 279 g/mol. The molecular weight excluding hydrogens is 267 g/mol. The van der Waals surface area contributed by atoms with Crippen LogP contribution in [0.5, 0.6) is 0 Å². The average Bonchev–Trinajstić information content (AvgIpc) is 2.29. The molecule has 19 heavy (non-hydrogen) atoms. The highest BCUT2D eigenvalue weighted by Crippen LogP contribution is 2.19. The minimum absolute atomic E-state index is 0.156. The van der Waals surface area contributed by atoms with Crippen LogP contribution in [-0.2, 0) is 6.42 Å². The molecule has 0 amide bonds. The fourth-order valence-electron chi connectivity index (χ4n) is 1.93. The number of hydrogen-bond donors (Lipinski definition) is 0. The second-order valence-corrected chi connectivity index (χ2v) is 4.77. The largest absolute Gasteiger partial charge is 0.341 e. The first kappa shape index (κ1) is 12.3. The summed E-state index contributed by atoms with van der Waals surface area (Å²) >= 11 is 5.90. The molecule has 0 N–H and O–H groups in total. The first-order valence-electron chi connectivity index (χ1n) is 6.11. The molecule has 0 atom stereocenters. The third kappa shape index (κ3) is 2.66. The molecule has 1 aliphatic rings. The van der Waals surface area contributed by atoms with Crippen LogP contribution >= 0.6 is 11.6 Å². The molecule has 0 radical (unpaired) electrons. The molecule has 98 valence electrons. The van der Waals surface area contributed by atoms with E-state index in [9.17, 15) is 4.39 Å². The molecule has 0 spiro atoms. The SMILES string of the molecule is Fc1ccccc1Cc1nc(Cl)nc(N2CCC2)n1. The van der Waals surface area contributed by atoms with Crippen molar-refractivity contribution < 1.29 is 4.39 Å². The molecule has 2 heterocycles. The van der Waals surface area contributed by atoms with Crippen molar-refractivity contribution in [3.63, 3.8) is 0 Å². The van der Waals surface area contributed by atoms with E-state index < -0.39 is 0 Å². The smallest absolute Gasteiger partial charge is 0.229 e. The van der Waals surface area contributed by atoms with Gasteiger partial charge in [-0.1, -0.05) is 18.2 Å². The summed E-state index contributed by atoms with van der Waals surface area (Å²) in [6.45, 7) is 1.86. The standard InChI is InChI=1S/C13H12ClFN4/c14-12-16-11(8-9-4-1-2-5-10(9)15)17-13(18-12)19-6-3-7-19/h1-2,4-5H,3,6-8H2. The number of hydrogen-bond acceptors (Lipinski definition) is 4. The van der Waals surface area contributed by atoms with Crippen LogP contribution in [0.4, 0.5) is 10.3 Å². The van der Waals surface area contributed by atoms with Gasteiger partial charge in [0.25, 0.3) is 0 Å². The molecule has 1 aliphatic heterocycles. The number of rotatable bonds is 3. The molecule has 6 heteroatoms. The van der Waals surface area contributed by atoms with Crippen molar-refractivity contribution >= 4 is 17.5 Å². The zero-order valence-electron chi connectivity index (χ0n) is 10.2. The summed E-state index contributed by atoms with van der Waals surface area (Å²) in [7, 11) is 0. The maximum absolute atomic E-state index is 13.6. The van der Waals surface area contributed by atoms with E-state index in [1.54, 1.807) is 18.2 Å². The first-order chi connectivity index (χ1) is 9.22. The minimum atomic E-state index is -0.260. The van der Waals surface area contributed by atoms with Gasteiger partial charge in [0, 0.05) is 19.5 Å². The Morgan fingerprint density at radius 3 is 2.63 bits per heavy atom. The third-order valence-corrected chi connectivity index (χ3v) is 3.26. The molecule has 1 aromatic heterocycles. The van der Waals surface area contributed by atoms with Crippen LogP contribution in [0, 0.1) is 5.82 Å². The quantitative estimate of drug-likeness (QED) is 0.865. The fourth-order valence-corrected chi connectivity index (χ4v) is 2.10. The highest BCUT2D eigenvalue weighted by molar-refractivity contribution is 6.28. The lowest BCUT2D eigenvalue weighted by Crippen LogP contribution is -2.38. The third-order valence-electron chi connectivity index (χ3n) is 3.09. The molecule has 1 aromatic carbocycles. The molecule has 2 aromatic rings. The summed E-state index contributed by atoms with van der Waals surface area (Å²) in [5, 5.41) is 0.156. The Labute approximate surface area is 115 Å². The van der Waals surface area contributed by atoms with E-state index in [2.05, 4.69) is 15.0 Å². The van der Waals surface area contributed by atoms with Crippen LogP contribution in [-0.4, -0.2) is 28.0 Å². The Morgan fingerprint density at radius 1 is 1.16 bits per heavy atom. The summed E-state index contributed by atoms with van der Waals surface area (Å²) in [4.78, 5) is 14.5. The summed E-state index contributed by atoms with van der Waals surface area (Å²) in [6, 6.07) is 6.59. The number of aromatic nitrogens is 3. The number of nitrogens with zero attached hydrogens (tertiary/aromatic N) is 4. The zero-order valence-corrected chi connectivity index (χ0v) is 10.9. The van der Waals surface area contributed by atoms with Gasteiger partial charge >= 0.3 is 0 Å². The second-order valence-electron chi connectivity index (χ2n) is 4.43. The van der Waals surface area contributed by atoms with Gasteiger partial charge in [-0.25, -0.2) is 9.37 Å². The van der Waals surface area contributed by atoms with Gasteiger partial charge in [0.1, 0.15) is 11.6 Å². The molecule has 0 saturated carbocycles. The van der Waals surface area contributed by atoms with E-state index >= 15 is 0 Å². The van der Waals surface area contributed by atoms with Gasteiger partial charge in [-0.2, -0.15) is 9.97 Å². The lowest BCUT2D eigenvalue weighted by molar-refractivity contribution is 0.593. The van der Waals surface area contributed by atoms with Gasteiger partial charge in [0.05, 0.1) is 0 Å². The molecule has 4 nitrogen and oxygen atoms in total. The van der Waals surface area contributed by atoms with Gasteiger partial charge in [-0.3, -0.25) is 0 Å². The molecular formula is C13H12ClFN4. The van der Waals surface area contributed by atoms with Gasteiger partial charge in [0.2, 0.25) is 11.2 Å². The number of halogens is 2. The highest BCUT2D eigenvalue weighted by Gasteiger charge is 2.19.